The summed E-state index contributed by atoms with van der Waals surface area (Å²) in [7, 11) is 0. The Labute approximate surface area is 142 Å². The van der Waals surface area contributed by atoms with E-state index in [2.05, 4.69) is 13.8 Å². The van der Waals surface area contributed by atoms with Crippen LogP contribution in [0.15, 0.2) is 54.6 Å². The van der Waals surface area contributed by atoms with E-state index in [1.807, 2.05) is 30.3 Å². The van der Waals surface area contributed by atoms with Gasteiger partial charge in [-0.05, 0) is 30.0 Å². The predicted molar refractivity (Wildman–Crippen MR) is 91.7 cm³/mol. The lowest BCUT2D eigenvalue weighted by Gasteiger charge is -2.10. The van der Waals surface area contributed by atoms with Crippen molar-refractivity contribution in [2.24, 2.45) is 5.92 Å². The molecule has 0 radical (unpaired) electrons. The van der Waals surface area contributed by atoms with Gasteiger partial charge in [-0.2, -0.15) is 0 Å². The maximum atomic E-state index is 12.3. The second-order valence-electron chi connectivity index (χ2n) is 5.93. The quantitative estimate of drug-likeness (QED) is 0.714. The number of hydrogen-bond acceptors (Lipinski definition) is 4. The maximum Gasteiger partial charge on any atom is 0.339 e. The van der Waals surface area contributed by atoms with Crippen LogP contribution in [0.5, 0.6) is 0 Å². The van der Waals surface area contributed by atoms with Crippen molar-refractivity contribution in [2.45, 2.75) is 26.9 Å². The molecule has 0 spiro atoms. The lowest BCUT2D eigenvalue weighted by Crippen LogP contribution is -2.15. The zero-order valence-electron chi connectivity index (χ0n) is 14.0. The molecule has 0 saturated heterocycles. The molecule has 0 fully saturated rings. The van der Waals surface area contributed by atoms with Gasteiger partial charge in [0.25, 0.3) is 0 Å². The molecule has 0 amide bonds. The van der Waals surface area contributed by atoms with E-state index in [4.69, 9.17) is 9.47 Å². The first-order chi connectivity index (χ1) is 11.6. The topological polar surface area (TPSA) is 52.6 Å². The molecule has 0 heterocycles. The molecule has 0 N–H and O–H groups in total. The zero-order valence-corrected chi connectivity index (χ0v) is 14.0. The SMILES string of the molecule is CC(C)CCOC(=O)c1ccccc1C(=O)OCc1ccccc1. The number of carbonyl (C=O) groups is 2. The average molecular weight is 326 g/mol. The maximum absolute atomic E-state index is 12.3. The van der Waals surface area contributed by atoms with Gasteiger partial charge < -0.3 is 9.47 Å². The van der Waals surface area contributed by atoms with Crippen molar-refractivity contribution in [2.75, 3.05) is 6.61 Å². The first-order valence-corrected chi connectivity index (χ1v) is 8.05. The second-order valence-corrected chi connectivity index (χ2v) is 5.93. The molecule has 0 aliphatic heterocycles. The van der Waals surface area contributed by atoms with E-state index in [1.54, 1.807) is 24.3 Å². The Balaban J connectivity index is 2.01. The molecular weight excluding hydrogens is 304 g/mol. The van der Waals surface area contributed by atoms with Gasteiger partial charge >= 0.3 is 11.9 Å². The minimum absolute atomic E-state index is 0.163. The first kappa shape index (κ1) is 17.7. The Kier molecular flexibility index (Phi) is 6.55. The molecule has 0 aliphatic carbocycles. The van der Waals surface area contributed by atoms with Gasteiger partial charge in [0, 0.05) is 0 Å². The Hall–Kier alpha value is -2.62. The smallest absolute Gasteiger partial charge is 0.339 e. The molecule has 0 aliphatic rings. The number of carbonyl (C=O) groups excluding carboxylic acids is 2. The van der Waals surface area contributed by atoms with E-state index in [1.165, 1.54) is 0 Å². The standard InChI is InChI=1S/C20H22O4/c1-15(2)12-13-23-19(21)17-10-6-7-11-18(17)20(22)24-14-16-8-4-3-5-9-16/h3-11,15H,12-14H2,1-2H3. The summed E-state index contributed by atoms with van der Waals surface area (Å²) in [5, 5.41) is 0. The second kappa shape index (κ2) is 8.87. The van der Waals surface area contributed by atoms with Crippen LogP contribution >= 0.6 is 0 Å². The van der Waals surface area contributed by atoms with Crippen LogP contribution in [0.3, 0.4) is 0 Å². The van der Waals surface area contributed by atoms with E-state index in [0.29, 0.717) is 12.5 Å². The van der Waals surface area contributed by atoms with Crippen molar-refractivity contribution in [3.63, 3.8) is 0 Å². The molecular formula is C20H22O4. The Bertz CT molecular complexity index is 677. The molecule has 4 heteroatoms. The molecule has 2 aromatic rings. The molecule has 24 heavy (non-hydrogen) atoms. The predicted octanol–water partition coefficient (Wildman–Crippen LogP) is 4.25. The number of rotatable bonds is 7. The molecule has 126 valence electrons. The van der Waals surface area contributed by atoms with Crippen molar-refractivity contribution >= 4 is 11.9 Å². The summed E-state index contributed by atoms with van der Waals surface area (Å²) in [5.41, 5.74) is 1.35. The van der Waals surface area contributed by atoms with Gasteiger partial charge in [0.15, 0.2) is 0 Å². The molecule has 0 atom stereocenters. The Morgan fingerprint density at radius 2 is 1.38 bits per heavy atom. The van der Waals surface area contributed by atoms with E-state index < -0.39 is 11.9 Å². The van der Waals surface area contributed by atoms with Crippen molar-refractivity contribution in [3.8, 4) is 0 Å². The summed E-state index contributed by atoms with van der Waals surface area (Å²) in [6.45, 7) is 4.62. The largest absolute Gasteiger partial charge is 0.462 e. The van der Waals surface area contributed by atoms with Crippen LogP contribution in [0.1, 0.15) is 46.5 Å². The fourth-order valence-electron chi connectivity index (χ4n) is 2.11. The lowest BCUT2D eigenvalue weighted by atomic mass is 10.1. The fourth-order valence-corrected chi connectivity index (χ4v) is 2.11. The number of esters is 2. The number of hydrogen-bond donors (Lipinski definition) is 0. The molecule has 0 saturated carbocycles. The van der Waals surface area contributed by atoms with Gasteiger partial charge in [-0.25, -0.2) is 9.59 Å². The molecule has 0 unspecified atom stereocenters. The van der Waals surface area contributed by atoms with E-state index in [-0.39, 0.29) is 17.7 Å². The zero-order chi connectivity index (χ0) is 17.4. The van der Waals surface area contributed by atoms with Gasteiger partial charge in [0.05, 0.1) is 17.7 Å². The molecule has 2 aromatic carbocycles. The highest BCUT2D eigenvalue weighted by Gasteiger charge is 2.19. The monoisotopic (exact) mass is 326 g/mol. The van der Waals surface area contributed by atoms with Crippen LogP contribution in [0.2, 0.25) is 0 Å². The highest BCUT2D eigenvalue weighted by atomic mass is 16.5. The van der Waals surface area contributed by atoms with Crippen LogP contribution in [-0.2, 0) is 16.1 Å². The van der Waals surface area contributed by atoms with Crippen LogP contribution in [0.4, 0.5) is 0 Å². The number of ether oxygens (including phenoxy) is 2. The van der Waals surface area contributed by atoms with Gasteiger partial charge in [0.1, 0.15) is 6.61 Å². The molecule has 4 nitrogen and oxygen atoms in total. The van der Waals surface area contributed by atoms with Crippen molar-refractivity contribution in [1.82, 2.24) is 0 Å². The van der Waals surface area contributed by atoms with Crippen LogP contribution in [-0.4, -0.2) is 18.5 Å². The van der Waals surface area contributed by atoms with Crippen LogP contribution < -0.4 is 0 Å². The number of benzene rings is 2. The summed E-state index contributed by atoms with van der Waals surface area (Å²) in [6, 6.07) is 16.0. The fraction of sp³-hybridized carbons (Fsp3) is 0.300. The molecule has 2 rings (SSSR count). The van der Waals surface area contributed by atoms with Gasteiger partial charge in [-0.3, -0.25) is 0 Å². The minimum Gasteiger partial charge on any atom is -0.462 e. The third-order valence-electron chi connectivity index (χ3n) is 3.51. The third kappa shape index (κ3) is 5.23. The summed E-state index contributed by atoms with van der Waals surface area (Å²) in [5.74, 6) is -0.581. The lowest BCUT2D eigenvalue weighted by molar-refractivity contribution is 0.0432. The van der Waals surface area contributed by atoms with E-state index in [0.717, 1.165) is 12.0 Å². The first-order valence-electron chi connectivity index (χ1n) is 8.05. The normalized spacial score (nSPS) is 10.5. The van der Waals surface area contributed by atoms with Crippen molar-refractivity contribution in [3.05, 3.63) is 71.3 Å². The summed E-state index contributed by atoms with van der Waals surface area (Å²) >= 11 is 0. The summed E-state index contributed by atoms with van der Waals surface area (Å²) in [6.07, 6.45) is 0.784. The van der Waals surface area contributed by atoms with Crippen LogP contribution in [0, 0.1) is 5.92 Å². The van der Waals surface area contributed by atoms with Gasteiger partial charge in [0.2, 0.25) is 0 Å². The average Bonchev–Trinajstić information content (AvgIpc) is 2.60. The van der Waals surface area contributed by atoms with Crippen molar-refractivity contribution in [1.29, 1.82) is 0 Å². The highest BCUT2D eigenvalue weighted by molar-refractivity contribution is 6.03. The third-order valence-corrected chi connectivity index (χ3v) is 3.51. The summed E-state index contributed by atoms with van der Waals surface area (Å²) < 4.78 is 10.5. The Morgan fingerprint density at radius 1 is 0.833 bits per heavy atom. The van der Waals surface area contributed by atoms with Crippen LogP contribution in [0.25, 0.3) is 0 Å². The van der Waals surface area contributed by atoms with E-state index in [9.17, 15) is 9.59 Å². The molecule has 0 aromatic heterocycles. The van der Waals surface area contributed by atoms with Crippen molar-refractivity contribution < 1.29 is 19.1 Å². The van der Waals surface area contributed by atoms with Gasteiger partial charge in [-0.1, -0.05) is 56.3 Å². The van der Waals surface area contributed by atoms with E-state index >= 15 is 0 Å². The highest BCUT2D eigenvalue weighted by Crippen LogP contribution is 2.14. The minimum atomic E-state index is -0.532. The Morgan fingerprint density at radius 3 is 1.96 bits per heavy atom. The summed E-state index contributed by atoms with van der Waals surface area (Å²) in [4.78, 5) is 24.5. The van der Waals surface area contributed by atoms with Gasteiger partial charge in [-0.15, -0.1) is 0 Å². The molecule has 0 bridgehead atoms.